The van der Waals surface area contributed by atoms with E-state index in [2.05, 4.69) is 16.7 Å². The molecule has 0 aromatic heterocycles. The molecule has 2 unspecified atom stereocenters. The van der Waals surface area contributed by atoms with Gasteiger partial charge in [0, 0.05) is 12.0 Å². The Balaban J connectivity index is 2.56. The first-order valence-electron chi connectivity index (χ1n) is 5.60. The maximum Gasteiger partial charge on any atom is 0.330 e. The second kappa shape index (κ2) is 6.18. The van der Waals surface area contributed by atoms with Gasteiger partial charge in [0.1, 0.15) is 6.61 Å². The number of hydrogen-bond donors (Lipinski definition) is 0. The number of ether oxygens (including phenoxy) is 1. The molecule has 1 rings (SSSR count). The molecule has 16 heavy (non-hydrogen) atoms. The second-order valence-electron chi connectivity index (χ2n) is 4.56. The third kappa shape index (κ3) is 3.43. The van der Waals surface area contributed by atoms with E-state index in [-0.39, 0.29) is 18.1 Å². The number of hydrogen-bond acceptors (Lipinski definition) is 5. The smallest absolute Gasteiger partial charge is 0.330 e. The fourth-order valence-electron chi connectivity index (χ4n) is 2.34. The number of carbonyl (C=O) groups is 1. The van der Waals surface area contributed by atoms with Gasteiger partial charge >= 0.3 is 6.47 Å². The van der Waals surface area contributed by atoms with E-state index >= 15 is 0 Å². The third-order valence-corrected chi connectivity index (χ3v) is 3.15. The van der Waals surface area contributed by atoms with Gasteiger partial charge < -0.3 is 14.5 Å². The van der Waals surface area contributed by atoms with Crippen LogP contribution in [0.15, 0.2) is 0 Å². The van der Waals surface area contributed by atoms with Crippen molar-refractivity contribution in [3.63, 3.8) is 0 Å². The number of nitrogens with zero attached hydrogens (tertiary/aromatic N) is 1. The summed E-state index contributed by atoms with van der Waals surface area (Å²) in [7, 11) is 4.09. The predicted molar refractivity (Wildman–Crippen MR) is 58.7 cm³/mol. The molecule has 4 atom stereocenters. The Morgan fingerprint density at radius 3 is 2.69 bits per heavy atom. The van der Waals surface area contributed by atoms with Gasteiger partial charge in [0.15, 0.2) is 0 Å². The zero-order chi connectivity index (χ0) is 12.1. The first-order valence-corrected chi connectivity index (χ1v) is 5.60. The summed E-state index contributed by atoms with van der Waals surface area (Å²) in [6, 6.07) is 0.383. The van der Waals surface area contributed by atoms with Crippen molar-refractivity contribution in [3.8, 4) is 0 Å². The van der Waals surface area contributed by atoms with Crippen LogP contribution in [0.2, 0.25) is 0 Å². The molecule has 0 radical (unpaired) electrons. The molecule has 1 saturated heterocycles. The van der Waals surface area contributed by atoms with Crippen molar-refractivity contribution in [1.82, 2.24) is 4.90 Å². The van der Waals surface area contributed by atoms with Crippen LogP contribution in [0.1, 0.15) is 20.3 Å². The summed E-state index contributed by atoms with van der Waals surface area (Å²) in [5.41, 5.74) is 0. The highest BCUT2D eigenvalue weighted by Crippen LogP contribution is 2.28. The van der Waals surface area contributed by atoms with E-state index in [1.165, 1.54) is 0 Å². The minimum Gasteiger partial charge on any atom is -0.375 e. The lowest BCUT2D eigenvalue weighted by molar-refractivity contribution is -0.276. The van der Waals surface area contributed by atoms with Crippen LogP contribution in [0.3, 0.4) is 0 Å². The minimum atomic E-state index is 0.103. The molecule has 94 valence electrons. The summed E-state index contributed by atoms with van der Waals surface area (Å²) in [6.45, 7) is 4.77. The molecular weight excluding hydrogens is 210 g/mol. The average molecular weight is 231 g/mol. The SMILES string of the molecule is CC1O[C@H](C)CC(N(C)C)[C@H]1COOC=O. The molecule has 1 fully saturated rings. The Bertz CT molecular complexity index is 222. The monoisotopic (exact) mass is 231 g/mol. The van der Waals surface area contributed by atoms with Crippen LogP contribution < -0.4 is 0 Å². The molecule has 0 amide bonds. The Kier molecular flexibility index (Phi) is 5.18. The van der Waals surface area contributed by atoms with Crippen LogP contribution in [0.25, 0.3) is 0 Å². The predicted octanol–water partition coefficient (Wildman–Crippen LogP) is 0.835. The van der Waals surface area contributed by atoms with Crippen molar-refractivity contribution < 1.29 is 19.3 Å². The topological polar surface area (TPSA) is 48.0 Å². The highest BCUT2D eigenvalue weighted by atomic mass is 17.2. The highest BCUT2D eigenvalue weighted by Gasteiger charge is 2.36. The van der Waals surface area contributed by atoms with Gasteiger partial charge in [-0.2, -0.15) is 4.89 Å². The fourth-order valence-corrected chi connectivity index (χ4v) is 2.34. The van der Waals surface area contributed by atoms with E-state index in [9.17, 15) is 4.79 Å². The zero-order valence-electron chi connectivity index (χ0n) is 10.4. The quantitative estimate of drug-likeness (QED) is 0.304. The maximum absolute atomic E-state index is 10.0. The molecular formula is C11H21NO4. The van der Waals surface area contributed by atoms with Crippen molar-refractivity contribution >= 4 is 6.47 Å². The minimum absolute atomic E-state index is 0.103. The molecule has 0 aliphatic carbocycles. The van der Waals surface area contributed by atoms with E-state index in [1.54, 1.807) is 0 Å². The first kappa shape index (κ1) is 13.4. The fraction of sp³-hybridized carbons (Fsp3) is 0.909. The van der Waals surface area contributed by atoms with Gasteiger partial charge in [-0.15, -0.1) is 0 Å². The van der Waals surface area contributed by atoms with Crippen molar-refractivity contribution in [1.29, 1.82) is 0 Å². The summed E-state index contributed by atoms with van der Waals surface area (Å²) in [6.07, 6.45) is 1.32. The molecule has 0 aromatic rings. The number of carbonyl (C=O) groups excluding carboxylic acids is 1. The van der Waals surface area contributed by atoms with E-state index < -0.39 is 0 Å². The van der Waals surface area contributed by atoms with Crippen LogP contribution in [0.4, 0.5) is 0 Å². The summed E-state index contributed by atoms with van der Waals surface area (Å²) in [5, 5.41) is 0. The molecule has 0 bridgehead atoms. The summed E-state index contributed by atoms with van der Waals surface area (Å²) < 4.78 is 5.76. The van der Waals surface area contributed by atoms with E-state index in [4.69, 9.17) is 9.62 Å². The standard InChI is InChI=1S/C11H21NO4/c1-8-5-11(12(3)4)10(9(2)16-8)6-14-15-7-13/h7-11H,5-6H2,1-4H3/t8-,9?,10+,11?/m1/s1. The molecule has 1 aliphatic rings. The van der Waals surface area contributed by atoms with Gasteiger partial charge in [0.25, 0.3) is 0 Å². The van der Waals surface area contributed by atoms with E-state index in [1.807, 2.05) is 21.0 Å². The van der Waals surface area contributed by atoms with Gasteiger partial charge in [-0.1, -0.05) is 0 Å². The Labute approximate surface area is 96.6 Å². The molecule has 1 aliphatic heterocycles. The zero-order valence-corrected chi connectivity index (χ0v) is 10.4. The normalized spacial score (nSPS) is 35.1. The van der Waals surface area contributed by atoms with Crippen LogP contribution in [-0.4, -0.2) is 50.3 Å². The second-order valence-corrected chi connectivity index (χ2v) is 4.56. The molecule has 1 heterocycles. The lowest BCUT2D eigenvalue weighted by Gasteiger charge is -2.42. The highest BCUT2D eigenvalue weighted by molar-refractivity contribution is 5.35. The number of rotatable bonds is 5. The van der Waals surface area contributed by atoms with Gasteiger partial charge in [0.2, 0.25) is 0 Å². The maximum atomic E-state index is 10.0. The Hall–Kier alpha value is -0.650. The molecule has 0 saturated carbocycles. The largest absolute Gasteiger partial charge is 0.375 e. The van der Waals surface area contributed by atoms with E-state index in [0.29, 0.717) is 19.1 Å². The lowest BCUT2D eigenvalue weighted by atomic mass is 9.87. The molecule has 0 N–H and O–H groups in total. The van der Waals surface area contributed by atoms with Gasteiger partial charge in [-0.3, -0.25) is 4.79 Å². The van der Waals surface area contributed by atoms with Gasteiger partial charge in [-0.25, -0.2) is 0 Å². The van der Waals surface area contributed by atoms with Crippen LogP contribution in [-0.2, 0) is 19.3 Å². The van der Waals surface area contributed by atoms with Crippen molar-refractivity contribution in [2.45, 2.75) is 38.5 Å². The molecule has 5 heteroatoms. The van der Waals surface area contributed by atoms with Crippen LogP contribution in [0, 0.1) is 5.92 Å². The van der Waals surface area contributed by atoms with Gasteiger partial charge in [-0.05, 0) is 34.4 Å². The first-order chi connectivity index (χ1) is 7.56. The van der Waals surface area contributed by atoms with Crippen molar-refractivity contribution in [3.05, 3.63) is 0 Å². The average Bonchev–Trinajstić information content (AvgIpc) is 2.20. The van der Waals surface area contributed by atoms with Crippen LogP contribution >= 0.6 is 0 Å². The lowest BCUT2D eigenvalue weighted by Crippen LogP contribution is -2.50. The van der Waals surface area contributed by atoms with Crippen LogP contribution in [0.5, 0.6) is 0 Å². The van der Waals surface area contributed by atoms with Crippen molar-refractivity contribution in [2.24, 2.45) is 5.92 Å². The van der Waals surface area contributed by atoms with E-state index in [0.717, 1.165) is 6.42 Å². The summed E-state index contributed by atoms with van der Waals surface area (Å²) in [5.74, 6) is 0.214. The van der Waals surface area contributed by atoms with Crippen molar-refractivity contribution in [2.75, 3.05) is 20.7 Å². The van der Waals surface area contributed by atoms with Gasteiger partial charge in [0.05, 0.1) is 12.2 Å². The third-order valence-electron chi connectivity index (χ3n) is 3.15. The Morgan fingerprint density at radius 2 is 2.12 bits per heavy atom. The molecule has 0 spiro atoms. The molecule has 5 nitrogen and oxygen atoms in total. The molecule has 0 aromatic carbocycles. The Morgan fingerprint density at radius 1 is 1.44 bits per heavy atom. The summed E-state index contributed by atoms with van der Waals surface area (Å²) >= 11 is 0. The summed E-state index contributed by atoms with van der Waals surface area (Å²) in [4.78, 5) is 21.3.